The van der Waals surface area contributed by atoms with Gasteiger partial charge in [-0.05, 0) is 20.3 Å². The third-order valence-corrected chi connectivity index (χ3v) is 1.44. The second-order valence-corrected chi connectivity index (χ2v) is 2.44. The molecule has 0 aromatic carbocycles. The van der Waals surface area contributed by atoms with Crippen molar-refractivity contribution in [3.8, 4) is 0 Å². The van der Waals surface area contributed by atoms with Gasteiger partial charge in [0.1, 0.15) is 0 Å². The van der Waals surface area contributed by atoms with E-state index in [1.807, 2.05) is 13.8 Å². The fraction of sp³-hybridized carbons (Fsp3) is 1.00. The molecule has 0 bridgehead atoms. The van der Waals surface area contributed by atoms with Gasteiger partial charge in [0.15, 0.2) is 0 Å². The molecule has 0 aliphatic carbocycles. The molecular weight excluding hydrogens is 104 g/mol. The van der Waals surface area contributed by atoms with Crippen LogP contribution in [0.5, 0.6) is 0 Å². The van der Waals surface area contributed by atoms with Gasteiger partial charge in [0.05, 0.1) is 0 Å². The van der Waals surface area contributed by atoms with Gasteiger partial charge in [-0.15, -0.1) is 0 Å². The van der Waals surface area contributed by atoms with Gasteiger partial charge < -0.3 is 10.4 Å². The maximum absolute atomic E-state index is 10.6. The molecule has 1 saturated heterocycles. The Bertz CT molecular complexity index is 76.5. The Balaban J connectivity index is 2.39. The molecule has 1 fully saturated rings. The molecule has 2 unspecified atom stereocenters. The third-order valence-electron chi connectivity index (χ3n) is 1.44. The van der Waals surface area contributed by atoms with E-state index in [2.05, 4.69) is 5.43 Å². The summed E-state index contributed by atoms with van der Waals surface area (Å²) in [5, 5.41) is 11.5. The zero-order chi connectivity index (χ0) is 6.15. The maximum Gasteiger partial charge on any atom is 0.0192 e. The van der Waals surface area contributed by atoms with Crippen molar-refractivity contribution >= 4 is 0 Å². The predicted molar refractivity (Wildman–Crippen MR) is 31.9 cm³/mol. The Hall–Kier alpha value is -0.120. The Labute approximate surface area is 49.2 Å². The van der Waals surface area contributed by atoms with E-state index in [1.54, 1.807) is 0 Å². The summed E-state index contributed by atoms with van der Waals surface area (Å²) in [5.74, 6) is 0. The van der Waals surface area contributed by atoms with Crippen LogP contribution < -0.4 is 5.43 Å². The van der Waals surface area contributed by atoms with E-state index in [0.29, 0.717) is 6.04 Å². The van der Waals surface area contributed by atoms with Gasteiger partial charge >= 0.3 is 0 Å². The smallest absolute Gasteiger partial charge is 0.0192 e. The van der Waals surface area contributed by atoms with Crippen molar-refractivity contribution in [3.63, 3.8) is 0 Å². The van der Waals surface area contributed by atoms with Crippen molar-refractivity contribution < 1.29 is 0 Å². The van der Waals surface area contributed by atoms with Crippen molar-refractivity contribution in [1.29, 1.82) is 0 Å². The van der Waals surface area contributed by atoms with Crippen LogP contribution in [0.1, 0.15) is 20.3 Å². The van der Waals surface area contributed by atoms with Crippen LogP contribution in [0.25, 0.3) is 0 Å². The van der Waals surface area contributed by atoms with Gasteiger partial charge in [-0.1, -0.05) is 0 Å². The molecule has 48 valence electrons. The molecule has 1 aliphatic rings. The van der Waals surface area contributed by atoms with Crippen molar-refractivity contribution in [2.75, 3.05) is 0 Å². The second-order valence-electron chi connectivity index (χ2n) is 2.44. The summed E-state index contributed by atoms with van der Waals surface area (Å²) in [6.45, 7) is 3.93. The first-order chi connectivity index (χ1) is 3.70. The fourth-order valence-corrected chi connectivity index (χ4v) is 1.00. The van der Waals surface area contributed by atoms with Gasteiger partial charge in [0, 0.05) is 12.1 Å². The molecule has 0 aromatic heterocycles. The number of hydrogen-bond acceptors (Lipinski definition) is 3. The van der Waals surface area contributed by atoms with E-state index >= 15 is 0 Å². The van der Waals surface area contributed by atoms with Crippen LogP contribution in [-0.4, -0.2) is 17.3 Å². The lowest BCUT2D eigenvalue weighted by atomic mass is 10.2. The van der Waals surface area contributed by atoms with Crippen LogP contribution in [-0.2, 0) is 0 Å². The van der Waals surface area contributed by atoms with Crippen LogP contribution in [0, 0.1) is 5.21 Å². The summed E-state index contributed by atoms with van der Waals surface area (Å²) in [6.07, 6.45) is 0.962. The molecule has 2 atom stereocenters. The highest BCUT2D eigenvalue weighted by Gasteiger charge is 2.17. The standard InChI is InChI=1S/C5H11N2O/c1-4-3-5(2)7(8)6-4/h4-6H,3H2,1-2H3/q-1. The summed E-state index contributed by atoms with van der Waals surface area (Å²) in [5.41, 5.74) is 2.74. The molecule has 0 spiro atoms. The minimum Gasteiger partial charge on any atom is -0.771 e. The lowest BCUT2D eigenvalue weighted by molar-refractivity contribution is 0.280. The minimum absolute atomic E-state index is 0.157. The van der Waals surface area contributed by atoms with E-state index < -0.39 is 0 Å². The molecule has 0 saturated carbocycles. The molecule has 3 heteroatoms. The molecular formula is C5H11N2O-. The topological polar surface area (TPSA) is 38.3 Å². The fourth-order valence-electron chi connectivity index (χ4n) is 1.00. The normalized spacial score (nSPS) is 40.9. The lowest BCUT2D eigenvalue weighted by Crippen LogP contribution is -2.31. The van der Waals surface area contributed by atoms with E-state index in [4.69, 9.17) is 0 Å². The van der Waals surface area contributed by atoms with Crippen molar-refractivity contribution in [3.05, 3.63) is 5.21 Å². The van der Waals surface area contributed by atoms with Gasteiger partial charge in [-0.25, -0.2) is 0 Å². The minimum atomic E-state index is 0.157. The van der Waals surface area contributed by atoms with Crippen LogP contribution in [0.2, 0.25) is 0 Å². The molecule has 1 rings (SSSR count). The van der Waals surface area contributed by atoms with E-state index in [-0.39, 0.29) is 6.04 Å². The van der Waals surface area contributed by atoms with E-state index in [9.17, 15) is 5.21 Å². The highest BCUT2D eigenvalue weighted by atomic mass is 16.5. The zero-order valence-corrected chi connectivity index (χ0v) is 5.22. The quantitative estimate of drug-likeness (QED) is 0.498. The Morgan fingerprint density at radius 1 is 1.62 bits per heavy atom. The van der Waals surface area contributed by atoms with E-state index in [1.165, 1.54) is 0 Å². The Kier molecular flexibility index (Phi) is 1.51. The average Bonchev–Trinajstić information content (AvgIpc) is 1.85. The van der Waals surface area contributed by atoms with Crippen molar-refractivity contribution in [1.82, 2.24) is 10.6 Å². The van der Waals surface area contributed by atoms with Crippen LogP contribution in [0.4, 0.5) is 0 Å². The van der Waals surface area contributed by atoms with E-state index in [0.717, 1.165) is 11.6 Å². The number of rotatable bonds is 0. The number of hydrazine groups is 1. The largest absolute Gasteiger partial charge is 0.771 e. The SMILES string of the molecule is CC1CC(C)N([O-])N1. The molecule has 8 heavy (non-hydrogen) atoms. The lowest BCUT2D eigenvalue weighted by Gasteiger charge is -2.26. The Morgan fingerprint density at radius 2 is 2.25 bits per heavy atom. The molecule has 0 aromatic rings. The number of nitrogens with zero attached hydrogens (tertiary/aromatic N) is 1. The molecule has 1 N–H and O–H groups in total. The molecule has 3 nitrogen and oxygen atoms in total. The number of hydrogen-bond donors (Lipinski definition) is 1. The van der Waals surface area contributed by atoms with Gasteiger partial charge in [-0.2, -0.15) is 0 Å². The van der Waals surface area contributed by atoms with Crippen molar-refractivity contribution in [2.45, 2.75) is 32.4 Å². The van der Waals surface area contributed by atoms with Gasteiger partial charge in [0.25, 0.3) is 0 Å². The van der Waals surface area contributed by atoms with Gasteiger partial charge in [-0.3, -0.25) is 5.43 Å². The summed E-state index contributed by atoms with van der Waals surface area (Å²) in [7, 11) is 0. The van der Waals surface area contributed by atoms with Gasteiger partial charge in [0.2, 0.25) is 0 Å². The molecule has 1 heterocycles. The summed E-state index contributed by atoms with van der Waals surface area (Å²) in [6, 6.07) is 0.521. The highest BCUT2D eigenvalue weighted by molar-refractivity contribution is 4.77. The Morgan fingerprint density at radius 3 is 2.38 bits per heavy atom. The molecule has 1 aliphatic heterocycles. The number of nitrogens with one attached hydrogen (secondary N) is 1. The second kappa shape index (κ2) is 2.01. The monoisotopic (exact) mass is 115 g/mol. The maximum atomic E-state index is 10.6. The number of hydroxylamine groups is 1. The summed E-state index contributed by atoms with van der Waals surface area (Å²) < 4.78 is 0. The average molecular weight is 115 g/mol. The summed E-state index contributed by atoms with van der Waals surface area (Å²) >= 11 is 0. The van der Waals surface area contributed by atoms with Crippen LogP contribution in [0.15, 0.2) is 0 Å². The first kappa shape index (κ1) is 6.01. The summed E-state index contributed by atoms with van der Waals surface area (Å²) in [4.78, 5) is 0. The molecule has 0 radical (unpaired) electrons. The highest BCUT2D eigenvalue weighted by Crippen LogP contribution is 2.10. The first-order valence-corrected chi connectivity index (χ1v) is 2.92. The van der Waals surface area contributed by atoms with Crippen LogP contribution >= 0.6 is 0 Å². The van der Waals surface area contributed by atoms with Crippen LogP contribution in [0.3, 0.4) is 0 Å². The zero-order valence-electron chi connectivity index (χ0n) is 5.22. The third kappa shape index (κ3) is 0.992. The first-order valence-electron chi connectivity index (χ1n) is 2.92. The van der Waals surface area contributed by atoms with Crippen molar-refractivity contribution in [2.24, 2.45) is 0 Å². The predicted octanol–water partition coefficient (Wildman–Crippen LogP) is 0.471. The molecule has 0 amide bonds.